The molecule has 1 aromatic carbocycles. The van der Waals surface area contributed by atoms with Crippen LogP contribution in [-0.2, 0) is 6.54 Å². The monoisotopic (exact) mass is 221 g/mol. The Morgan fingerprint density at radius 1 is 1.25 bits per heavy atom. The minimum atomic E-state index is 0.349. The molecule has 1 heterocycles. The number of benzene rings is 1. The van der Waals surface area contributed by atoms with Crippen molar-refractivity contribution in [3.8, 4) is 5.75 Å². The summed E-state index contributed by atoms with van der Waals surface area (Å²) < 4.78 is 0. The Morgan fingerprint density at radius 3 is 2.56 bits per heavy atom. The summed E-state index contributed by atoms with van der Waals surface area (Å²) in [6.07, 6.45) is 0. The zero-order valence-electron chi connectivity index (χ0n) is 9.69. The Balaban J connectivity index is 2.19. The molecule has 0 saturated carbocycles. The van der Waals surface area contributed by atoms with E-state index in [9.17, 15) is 5.11 Å². The van der Waals surface area contributed by atoms with Crippen molar-refractivity contribution in [2.75, 3.05) is 38.1 Å². The Morgan fingerprint density at radius 2 is 1.94 bits per heavy atom. The summed E-state index contributed by atoms with van der Waals surface area (Å²) in [5.74, 6) is 0.349. The number of hydrogen-bond acceptors (Lipinski definition) is 4. The number of phenols is 1. The molecule has 1 fully saturated rings. The maximum Gasteiger partial charge on any atom is 0.138 e. The first-order valence-corrected chi connectivity index (χ1v) is 5.66. The van der Waals surface area contributed by atoms with E-state index in [1.54, 1.807) is 6.07 Å². The number of nitrogens with two attached hydrogens (primary N) is 1. The second-order valence-corrected chi connectivity index (χ2v) is 4.32. The molecule has 0 aliphatic carbocycles. The van der Waals surface area contributed by atoms with Gasteiger partial charge in [0.1, 0.15) is 5.75 Å². The summed E-state index contributed by atoms with van der Waals surface area (Å²) in [4.78, 5) is 4.51. The Labute approximate surface area is 96.3 Å². The average Bonchev–Trinajstić information content (AvgIpc) is 2.31. The van der Waals surface area contributed by atoms with Crippen molar-refractivity contribution >= 4 is 5.69 Å². The predicted octanol–water partition coefficient (Wildman–Crippen LogP) is 0.603. The van der Waals surface area contributed by atoms with Gasteiger partial charge in [-0.05, 0) is 24.7 Å². The van der Waals surface area contributed by atoms with Crippen LogP contribution in [0.4, 0.5) is 5.69 Å². The molecule has 16 heavy (non-hydrogen) atoms. The molecule has 1 aliphatic heterocycles. The molecule has 0 bridgehead atoms. The molecule has 4 heteroatoms. The number of hydrogen-bond donors (Lipinski definition) is 2. The lowest BCUT2D eigenvalue weighted by Gasteiger charge is -2.34. The van der Waals surface area contributed by atoms with Crippen LogP contribution >= 0.6 is 0 Å². The zero-order chi connectivity index (χ0) is 11.5. The van der Waals surface area contributed by atoms with E-state index in [0.29, 0.717) is 12.3 Å². The van der Waals surface area contributed by atoms with E-state index in [1.807, 2.05) is 12.1 Å². The van der Waals surface area contributed by atoms with Gasteiger partial charge >= 0.3 is 0 Å². The molecule has 0 aromatic heterocycles. The third kappa shape index (κ3) is 2.28. The van der Waals surface area contributed by atoms with Crippen molar-refractivity contribution in [3.05, 3.63) is 23.8 Å². The van der Waals surface area contributed by atoms with Crippen molar-refractivity contribution in [2.24, 2.45) is 5.73 Å². The quantitative estimate of drug-likeness (QED) is 0.768. The van der Waals surface area contributed by atoms with Crippen LogP contribution in [0.15, 0.2) is 18.2 Å². The van der Waals surface area contributed by atoms with Gasteiger partial charge in [0.05, 0.1) is 5.69 Å². The van der Waals surface area contributed by atoms with Gasteiger partial charge < -0.3 is 20.6 Å². The molecule has 4 nitrogen and oxygen atoms in total. The first kappa shape index (κ1) is 11.2. The highest BCUT2D eigenvalue weighted by Gasteiger charge is 2.16. The van der Waals surface area contributed by atoms with Gasteiger partial charge in [-0.15, -0.1) is 0 Å². The molecule has 0 radical (unpaired) electrons. The number of phenolic OH excluding ortho intramolecular Hbond substituents is 1. The van der Waals surface area contributed by atoms with Crippen LogP contribution in [0.1, 0.15) is 5.56 Å². The fourth-order valence-electron chi connectivity index (χ4n) is 2.00. The van der Waals surface area contributed by atoms with Gasteiger partial charge in [-0.3, -0.25) is 0 Å². The van der Waals surface area contributed by atoms with E-state index in [2.05, 4.69) is 16.8 Å². The molecule has 0 unspecified atom stereocenters. The summed E-state index contributed by atoms with van der Waals surface area (Å²) in [7, 11) is 2.12. The topological polar surface area (TPSA) is 52.7 Å². The van der Waals surface area contributed by atoms with Crippen LogP contribution in [0.5, 0.6) is 5.75 Å². The molecular formula is C12H19N3O. The number of rotatable bonds is 2. The molecule has 1 saturated heterocycles. The van der Waals surface area contributed by atoms with E-state index >= 15 is 0 Å². The van der Waals surface area contributed by atoms with Gasteiger partial charge in [0, 0.05) is 32.7 Å². The lowest BCUT2D eigenvalue weighted by atomic mass is 10.1. The molecule has 2 rings (SSSR count). The fourth-order valence-corrected chi connectivity index (χ4v) is 2.00. The highest BCUT2D eigenvalue weighted by atomic mass is 16.3. The van der Waals surface area contributed by atoms with Gasteiger partial charge in [-0.1, -0.05) is 6.07 Å². The third-order valence-corrected chi connectivity index (χ3v) is 3.12. The lowest BCUT2D eigenvalue weighted by molar-refractivity contribution is 0.311. The molecule has 3 N–H and O–H groups in total. The maximum atomic E-state index is 9.85. The number of anilines is 1. The summed E-state index contributed by atoms with van der Waals surface area (Å²) >= 11 is 0. The molecule has 0 spiro atoms. The second-order valence-electron chi connectivity index (χ2n) is 4.32. The Bertz CT molecular complexity index is 359. The molecule has 0 atom stereocenters. The Hall–Kier alpha value is -1.26. The first-order valence-electron chi connectivity index (χ1n) is 5.66. The summed E-state index contributed by atoms with van der Waals surface area (Å²) in [5, 5.41) is 9.85. The van der Waals surface area contributed by atoms with E-state index in [0.717, 1.165) is 37.4 Å². The summed E-state index contributed by atoms with van der Waals surface area (Å²) in [6.45, 7) is 4.50. The first-order chi connectivity index (χ1) is 7.70. The third-order valence-electron chi connectivity index (χ3n) is 3.12. The molecule has 88 valence electrons. The van der Waals surface area contributed by atoms with Crippen LogP contribution in [-0.4, -0.2) is 43.2 Å². The second kappa shape index (κ2) is 4.72. The van der Waals surface area contributed by atoms with Crippen molar-refractivity contribution in [2.45, 2.75) is 6.54 Å². The number of piperazine rings is 1. The zero-order valence-corrected chi connectivity index (χ0v) is 9.69. The number of likely N-dealkylation sites (N-methyl/N-ethyl adjacent to an activating group) is 1. The summed E-state index contributed by atoms with van der Waals surface area (Å²) in [6, 6.07) is 5.59. The Kier molecular flexibility index (Phi) is 3.31. The highest BCUT2D eigenvalue weighted by molar-refractivity contribution is 5.59. The van der Waals surface area contributed by atoms with Crippen LogP contribution < -0.4 is 10.6 Å². The predicted molar refractivity (Wildman–Crippen MR) is 65.7 cm³/mol. The van der Waals surface area contributed by atoms with Crippen molar-refractivity contribution < 1.29 is 5.11 Å². The molecule has 0 amide bonds. The number of aromatic hydroxyl groups is 1. The van der Waals surface area contributed by atoms with Crippen molar-refractivity contribution in [3.63, 3.8) is 0 Å². The summed E-state index contributed by atoms with van der Waals surface area (Å²) in [5.41, 5.74) is 7.59. The van der Waals surface area contributed by atoms with Crippen LogP contribution in [0, 0.1) is 0 Å². The average molecular weight is 221 g/mol. The maximum absolute atomic E-state index is 9.85. The molecule has 1 aromatic rings. The van der Waals surface area contributed by atoms with Gasteiger partial charge in [-0.25, -0.2) is 0 Å². The van der Waals surface area contributed by atoms with Crippen molar-refractivity contribution in [1.29, 1.82) is 0 Å². The van der Waals surface area contributed by atoms with Crippen molar-refractivity contribution in [1.82, 2.24) is 4.90 Å². The fraction of sp³-hybridized carbons (Fsp3) is 0.500. The number of nitrogens with zero attached hydrogens (tertiary/aromatic N) is 2. The van der Waals surface area contributed by atoms with Gasteiger partial charge in [0.25, 0.3) is 0 Å². The molecule has 1 aliphatic rings. The minimum Gasteiger partial charge on any atom is -0.506 e. The normalized spacial score (nSPS) is 17.8. The van der Waals surface area contributed by atoms with Gasteiger partial charge in [0.2, 0.25) is 0 Å². The van der Waals surface area contributed by atoms with E-state index in [-0.39, 0.29) is 0 Å². The van der Waals surface area contributed by atoms with Crippen LogP contribution in [0.3, 0.4) is 0 Å². The smallest absolute Gasteiger partial charge is 0.138 e. The van der Waals surface area contributed by atoms with Gasteiger partial charge in [0.15, 0.2) is 0 Å². The standard InChI is InChI=1S/C12H19N3O/c1-14-4-6-15(7-5-14)11-8-10(9-13)2-3-12(11)16/h2-3,8,16H,4-7,9,13H2,1H3. The van der Waals surface area contributed by atoms with E-state index < -0.39 is 0 Å². The molecular weight excluding hydrogens is 202 g/mol. The van der Waals surface area contributed by atoms with E-state index in [4.69, 9.17) is 5.73 Å². The highest BCUT2D eigenvalue weighted by Crippen LogP contribution is 2.28. The largest absolute Gasteiger partial charge is 0.506 e. The lowest BCUT2D eigenvalue weighted by Crippen LogP contribution is -2.44. The van der Waals surface area contributed by atoms with E-state index in [1.165, 1.54) is 0 Å². The van der Waals surface area contributed by atoms with Crippen LogP contribution in [0.25, 0.3) is 0 Å². The minimum absolute atomic E-state index is 0.349. The SMILES string of the molecule is CN1CCN(c2cc(CN)ccc2O)CC1. The van der Waals surface area contributed by atoms with Gasteiger partial charge in [-0.2, -0.15) is 0 Å². The van der Waals surface area contributed by atoms with Crippen LogP contribution in [0.2, 0.25) is 0 Å².